The van der Waals surface area contributed by atoms with Gasteiger partial charge in [0.2, 0.25) is 0 Å². The fraction of sp³-hybridized carbons (Fsp3) is 0.444. The number of piperidine rings is 1. The predicted octanol–water partition coefficient (Wildman–Crippen LogP) is 2.24. The van der Waals surface area contributed by atoms with Gasteiger partial charge in [0.05, 0.1) is 17.6 Å². The van der Waals surface area contributed by atoms with Gasteiger partial charge < -0.3 is 19.3 Å². The summed E-state index contributed by atoms with van der Waals surface area (Å²) in [6.07, 6.45) is 5.88. The van der Waals surface area contributed by atoms with Crippen molar-refractivity contribution in [3.8, 4) is 0 Å². The molecule has 2 atom stereocenters. The highest BCUT2D eigenvalue weighted by Crippen LogP contribution is 2.29. The summed E-state index contributed by atoms with van der Waals surface area (Å²) >= 11 is 0. The van der Waals surface area contributed by atoms with E-state index in [0.717, 1.165) is 29.8 Å². The van der Waals surface area contributed by atoms with Crippen LogP contribution < -0.4 is 4.90 Å². The summed E-state index contributed by atoms with van der Waals surface area (Å²) in [6.45, 7) is 5.36. The van der Waals surface area contributed by atoms with Gasteiger partial charge in [-0.25, -0.2) is 9.97 Å². The Hall–Kier alpha value is -2.90. The van der Waals surface area contributed by atoms with E-state index >= 15 is 0 Å². The molecule has 8 nitrogen and oxygen atoms in total. The molecule has 0 spiro atoms. The maximum atomic E-state index is 12.8. The van der Waals surface area contributed by atoms with Gasteiger partial charge in [-0.2, -0.15) is 0 Å². The first-order valence-electron chi connectivity index (χ1n) is 8.77. The molecule has 3 aromatic rings. The van der Waals surface area contributed by atoms with Gasteiger partial charge in [-0.3, -0.25) is 4.79 Å². The largest absolute Gasteiger partial charge is 0.361 e. The summed E-state index contributed by atoms with van der Waals surface area (Å²) in [5.41, 5.74) is 1.36. The summed E-state index contributed by atoms with van der Waals surface area (Å²) in [5, 5.41) is 4.72. The van der Waals surface area contributed by atoms with E-state index in [0.29, 0.717) is 23.8 Å². The summed E-state index contributed by atoms with van der Waals surface area (Å²) < 4.78 is 5.05. The molecule has 8 heteroatoms. The number of rotatable bonds is 3. The van der Waals surface area contributed by atoms with Gasteiger partial charge in [0.1, 0.15) is 29.1 Å². The first-order valence-corrected chi connectivity index (χ1v) is 8.77. The van der Waals surface area contributed by atoms with Crippen molar-refractivity contribution in [3.63, 3.8) is 0 Å². The molecular weight excluding hydrogens is 332 g/mol. The van der Waals surface area contributed by atoms with Crippen molar-refractivity contribution in [3.05, 3.63) is 36.1 Å². The van der Waals surface area contributed by atoms with Crippen LogP contribution >= 0.6 is 0 Å². The summed E-state index contributed by atoms with van der Waals surface area (Å²) in [5.74, 6) is 1.85. The van der Waals surface area contributed by atoms with Crippen LogP contribution in [0, 0.1) is 12.8 Å². The van der Waals surface area contributed by atoms with Crippen molar-refractivity contribution < 1.29 is 9.32 Å². The SMILES string of the molecule is Cc1oncc1C(=O)N1CCC(C)C(N(C)c2ncnc3[nH]ccc23)C1. The number of likely N-dealkylation sites (N-methyl/N-ethyl adjacent to an activating group) is 1. The van der Waals surface area contributed by atoms with Crippen molar-refractivity contribution in [2.24, 2.45) is 5.92 Å². The van der Waals surface area contributed by atoms with Crippen LogP contribution in [0.2, 0.25) is 0 Å². The second-order valence-electron chi connectivity index (χ2n) is 6.93. The third kappa shape index (κ3) is 2.71. The molecule has 3 aromatic heterocycles. The molecular formula is C18H22N6O2. The Morgan fingerprint density at radius 2 is 2.27 bits per heavy atom. The van der Waals surface area contributed by atoms with E-state index in [2.05, 4.69) is 31.9 Å². The molecule has 1 aliphatic heterocycles. The highest BCUT2D eigenvalue weighted by molar-refractivity contribution is 5.95. The molecule has 4 rings (SSSR count). The average molecular weight is 354 g/mol. The normalized spacial score (nSPS) is 20.5. The lowest BCUT2D eigenvalue weighted by molar-refractivity contribution is 0.0668. The zero-order valence-electron chi connectivity index (χ0n) is 15.1. The minimum Gasteiger partial charge on any atom is -0.361 e. The number of carbonyl (C=O) groups is 1. The molecule has 1 fully saturated rings. The Morgan fingerprint density at radius 3 is 3.04 bits per heavy atom. The van der Waals surface area contributed by atoms with Crippen LogP contribution in [0.5, 0.6) is 0 Å². The van der Waals surface area contributed by atoms with E-state index in [9.17, 15) is 4.79 Å². The summed E-state index contributed by atoms with van der Waals surface area (Å²) in [4.78, 5) is 28.8. The highest BCUT2D eigenvalue weighted by Gasteiger charge is 2.34. The van der Waals surface area contributed by atoms with Crippen LogP contribution in [0.4, 0.5) is 5.82 Å². The Bertz CT molecular complexity index is 933. The van der Waals surface area contributed by atoms with E-state index in [1.165, 1.54) is 6.20 Å². The lowest BCUT2D eigenvalue weighted by Gasteiger charge is -2.42. The molecule has 1 N–H and O–H groups in total. The number of aryl methyl sites for hydroxylation is 1. The second kappa shape index (κ2) is 6.44. The Kier molecular flexibility index (Phi) is 4.10. The molecule has 0 aliphatic carbocycles. The van der Waals surface area contributed by atoms with Crippen molar-refractivity contribution in [1.82, 2.24) is 25.0 Å². The van der Waals surface area contributed by atoms with Gasteiger partial charge in [0.25, 0.3) is 5.91 Å². The van der Waals surface area contributed by atoms with Crippen LogP contribution in [0.1, 0.15) is 29.5 Å². The number of hydrogen-bond acceptors (Lipinski definition) is 6. The molecule has 4 heterocycles. The molecule has 0 saturated carbocycles. The lowest BCUT2D eigenvalue weighted by atomic mass is 9.92. The number of nitrogens with one attached hydrogen (secondary N) is 1. The fourth-order valence-corrected chi connectivity index (χ4v) is 3.71. The number of amides is 1. The van der Waals surface area contributed by atoms with Crippen molar-refractivity contribution in [1.29, 1.82) is 0 Å². The summed E-state index contributed by atoms with van der Waals surface area (Å²) in [6, 6.07) is 2.15. The molecule has 0 aromatic carbocycles. The van der Waals surface area contributed by atoms with Crippen LogP contribution in [-0.2, 0) is 0 Å². The predicted molar refractivity (Wildman–Crippen MR) is 97.0 cm³/mol. The van der Waals surface area contributed by atoms with E-state index in [1.807, 2.05) is 24.2 Å². The number of aromatic nitrogens is 4. The van der Waals surface area contributed by atoms with Crippen LogP contribution in [0.25, 0.3) is 11.0 Å². The van der Waals surface area contributed by atoms with Crippen molar-refractivity contribution in [2.75, 3.05) is 25.0 Å². The number of anilines is 1. The Morgan fingerprint density at radius 1 is 1.42 bits per heavy atom. The second-order valence-corrected chi connectivity index (χ2v) is 6.93. The van der Waals surface area contributed by atoms with E-state index in [1.54, 1.807) is 13.3 Å². The van der Waals surface area contributed by atoms with Crippen LogP contribution in [0.15, 0.2) is 29.3 Å². The first kappa shape index (κ1) is 16.6. The quantitative estimate of drug-likeness (QED) is 0.776. The molecule has 136 valence electrons. The third-order valence-electron chi connectivity index (χ3n) is 5.35. The van der Waals surface area contributed by atoms with Gasteiger partial charge in [0.15, 0.2) is 0 Å². The fourth-order valence-electron chi connectivity index (χ4n) is 3.71. The molecule has 2 unspecified atom stereocenters. The van der Waals surface area contributed by atoms with E-state index < -0.39 is 0 Å². The number of aromatic amines is 1. The number of H-pyrrole nitrogens is 1. The number of likely N-dealkylation sites (tertiary alicyclic amines) is 1. The highest BCUT2D eigenvalue weighted by atomic mass is 16.5. The minimum atomic E-state index is -0.0245. The molecule has 1 saturated heterocycles. The third-order valence-corrected chi connectivity index (χ3v) is 5.35. The zero-order valence-corrected chi connectivity index (χ0v) is 15.1. The zero-order chi connectivity index (χ0) is 18.3. The Balaban J connectivity index is 1.60. The maximum absolute atomic E-state index is 12.8. The molecule has 1 aliphatic rings. The maximum Gasteiger partial charge on any atom is 0.259 e. The molecule has 1 amide bonds. The summed E-state index contributed by atoms with van der Waals surface area (Å²) in [7, 11) is 2.04. The number of nitrogens with zero attached hydrogens (tertiary/aromatic N) is 5. The van der Waals surface area contributed by atoms with E-state index in [4.69, 9.17) is 4.52 Å². The van der Waals surface area contributed by atoms with Crippen LogP contribution in [-0.4, -0.2) is 57.1 Å². The van der Waals surface area contributed by atoms with Crippen molar-refractivity contribution in [2.45, 2.75) is 26.3 Å². The molecule has 0 bridgehead atoms. The topological polar surface area (TPSA) is 91.2 Å². The smallest absolute Gasteiger partial charge is 0.259 e. The number of carbonyl (C=O) groups excluding carboxylic acids is 1. The van der Waals surface area contributed by atoms with Gasteiger partial charge in [-0.15, -0.1) is 0 Å². The standard InChI is InChI=1S/C18H22N6O2/c1-11-5-7-24(18(25)14-8-22-26-12(14)2)9-15(11)23(3)17-13-4-6-19-16(13)20-10-21-17/h4,6,8,10-11,15H,5,7,9H2,1-3H3,(H,19,20,21). The van der Waals surface area contributed by atoms with Gasteiger partial charge >= 0.3 is 0 Å². The minimum absolute atomic E-state index is 0.0245. The molecule has 0 radical (unpaired) electrons. The number of hydrogen-bond donors (Lipinski definition) is 1. The average Bonchev–Trinajstić information content (AvgIpc) is 3.29. The monoisotopic (exact) mass is 354 g/mol. The van der Waals surface area contributed by atoms with E-state index in [-0.39, 0.29) is 11.9 Å². The van der Waals surface area contributed by atoms with Gasteiger partial charge in [-0.1, -0.05) is 12.1 Å². The first-order chi connectivity index (χ1) is 12.6. The lowest BCUT2D eigenvalue weighted by Crippen LogP contribution is -2.52. The Labute approximate surface area is 151 Å². The molecule has 26 heavy (non-hydrogen) atoms. The van der Waals surface area contributed by atoms with Gasteiger partial charge in [-0.05, 0) is 25.3 Å². The number of fused-ring (bicyclic) bond motifs is 1. The van der Waals surface area contributed by atoms with Crippen molar-refractivity contribution >= 4 is 22.8 Å². The van der Waals surface area contributed by atoms with Crippen LogP contribution in [0.3, 0.4) is 0 Å². The van der Waals surface area contributed by atoms with Gasteiger partial charge in [0, 0.05) is 26.3 Å².